The number of rotatable bonds is 6. The van der Waals surface area contributed by atoms with Gasteiger partial charge in [-0.1, -0.05) is 72.4 Å². The van der Waals surface area contributed by atoms with Gasteiger partial charge < -0.3 is 9.88 Å². The number of imidazole rings is 1. The van der Waals surface area contributed by atoms with Crippen LogP contribution in [0.25, 0.3) is 22.5 Å². The first-order chi connectivity index (χ1) is 14.8. The first-order valence-corrected chi connectivity index (χ1v) is 12.9. The largest absolute Gasteiger partial charge is 0.341 e. The van der Waals surface area contributed by atoms with Crippen molar-refractivity contribution in [3.8, 4) is 22.5 Å². The first kappa shape index (κ1) is 21.6. The van der Waals surface area contributed by atoms with Crippen molar-refractivity contribution < 1.29 is 13.2 Å². The molecule has 0 aliphatic carbocycles. The third-order valence-corrected chi connectivity index (χ3v) is 8.25. The highest BCUT2D eigenvalue weighted by molar-refractivity contribution is 8.00. The highest BCUT2D eigenvalue weighted by atomic mass is 32.2. The molecule has 1 N–H and O–H groups in total. The maximum Gasteiger partial charge on any atom is 0.235 e. The summed E-state index contributed by atoms with van der Waals surface area (Å²) < 4.78 is 23.6. The number of thioether (sulfide) groups is 1. The molecule has 2 aromatic carbocycles. The van der Waals surface area contributed by atoms with Crippen LogP contribution in [0.3, 0.4) is 0 Å². The van der Waals surface area contributed by atoms with Crippen LogP contribution in [0, 0.1) is 0 Å². The van der Waals surface area contributed by atoms with Crippen molar-refractivity contribution >= 4 is 27.5 Å². The Morgan fingerprint density at radius 1 is 1.10 bits per heavy atom. The molecule has 1 aromatic heterocycles. The van der Waals surface area contributed by atoms with Gasteiger partial charge in [-0.3, -0.25) is 4.79 Å². The van der Waals surface area contributed by atoms with E-state index in [9.17, 15) is 13.2 Å². The molecule has 0 radical (unpaired) electrons. The SMILES string of the molecule is C[C@@H](Sc1nc(-c2ccccc2)c(-c2ccccc2)[nH]1)C(=O)N(C)[C@H]1CCS(=O)(=O)C1. The van der Waals surface area contributed by atoms with Gasteiger partial charge in [-0.25, -0.2) is 13.4 Å². The minimum Gasteiger partial charge on any atom is -0.341 e. The van der Waals surface area contributed by atoms with Gasteiger partial charge >= 0.3 is 0 Å². The molecule has 31 heavy (non-hydrogen) atoms. The van der Waals surface area contributed by atoms with Crippen molar-refractivity contribution in [2.75, 3.05) is 18.6 Å². The monoisotopic (exact) mass is 455 g/mol. The Bertz CT molecular complexity index is 1100. The zero-order valence-electron chi connectivity index (χ0n) is 17.5. The number of carbonyl (C=O) groups is 1. The van der Waals surface area contributed by atoms with E-state index < -0.39 is 15.1 Å². The number of amides is 1. The molecule has 162 valence electrons. The number of hydrogen-bond acceptors (Lipinski definition) is 5. The normalized spacial score (nSPS) is 18.6. The molecular formula is C23H25N3O3S2. The predicted molar refractivity (Wildman–Crippen MR) is 125 cm³/mol. The van der Waals surface area contributed by atoms with Gasteiger partial charge in [-0.05, 0) is 13.3 Å². The molecule has 1 saturated heterocycles. The molecule has 1 aliphatic rings. The molecule has 2 atom stereocenters. The van der Waals surface area contributed by atoms with Crippen LogP contribution in [0.4, 0.5) is 0 Å². The van der Waals surface area contributed by atoms with Crippen LogP contribution < -0.4 is 0 Å². The smallest absolute Gasteiger partial charge is 0.235 e. The lowest BCUT2D eigenvalue weighted by atomic mass is 10.1. The number of sulfone groups is 1. The number of nitrogens with one attached hydrogen (secondary N) is 1. The van der Waals surface area contributed by atoms with Gasteiger partial charge in [0.15, 0.2) is 15.0 Å². The molecule has 1 aliphatic heterocycles. The average Bonchev–Trinajstić information content (AvgIpc) is 3.37. The number of aromatic amines is 1. The maximum absolute atomic E-state index is 12.9. The fourth-order valence-corrected chi connectivity index (χ4v) is 6.47. The van der Waals surface area contributed by atoms with Gasteiger partial charge in [0.05, 0.1) is 28.1 Å². The van der Waals surface area contributed by atoms with E-state index >= 15 is 0 Å². The highest BCUT2D eigenvalue weighted by Crippen LogP contribution is 2.34. The number of hydrogen-bond donors (Lipinski definition) is 1. The average molecular weight is 456 g/mol. The number of carbonyl (C=O) groups excluding carboxylic acids is 1. The summed E-state index contributed by atoms with van der Waals surface area (Å²) >= 11 is 1.36. The fraction of sp³-hybridized carbons (Fsp3) is 0.304. The number of benzene rings is 2. The Labute approximate surface area is 187 Å². The summed E-state index contributed by atoms with van der Waals surface area (Å²) in [5.41, 5.74) is 3.76. The van der Waals surface area contributed by atoms with Crippen molar-refractivity contribution in [2.24, 2.45) is 0 Å². The van der Waals surface area contributed by atoms with Crippen molar-refractivity contribution in [2.45, 2.75) is 29.8 Å². The topological polar surface area (TPSA) is 83.1 Å². The summed E-state index contributed by atoms with van der Waals surface area (Å²) in [4.78, 5) is 22.7. The molecule has 0 saturated carbocycles. The van der Waals surface area contributed by atoms with Crippen molar-refractivity contribution in [3.05, 3.63) is 60.7 Å². The summed E-state index contributed by atoms with van der Waals surface area (Å²) in [5, 5.41) is 0.262. The maximum atomic E-state index is 12.9. The molecule has 0 bridgehead atoms. The third kappa shape index (κ3) is 4.85. The molecule has 8 heteroatoms. The summed E-state index contributed by atoms with van der Waals surface area (Å²) in [6, 6.07) is 19.7. The van der Waals surface area contributed by atoms with Crippen LogP contribution in [0.5, 0.6) is 0 Å². The van der Waals surface area contributed by atoms with E-state index in [1.807, 2.05) is 67.6 Å². The van der Waals surface area contributed by atoms with E-state index in [0.717, 1.165) is 22.5 Å². The van der Waals surface area contributed by atoms with Crippen LogP contribution in [0.1, 0.15) is 13.3 Å². The van der Waals surface area contributed by atoms with E-state index in [1.54, 1.807) is 11.9 Å². The number of nitrogens with zero attached hydrogens (tertiary/aromatic N) is 2. The van der Waals surface area contributed by atoms with Crippen LogP contribution in [-0.4, -0.2) is 59.0 Å². The Hall–Kier alpha value is -2.58. The highest BCUT2D eigenvalue weighted by Gasteiger charge is 2.34. The van der Waals surface area contributed by atoms with Crippen molar-refractivity contribution in [3.63, 3.8) is 0 Å². The molecule has 4 rings (SSSR count). The Balaban J connectivity index is 1.57. The summed E-state index contributed by atoms with van der Waals surface area (Å²) in [6.45, 7) is 1.83. The van der Waals surface area contributed by atoms with Gasteiger partial charge in [0.25, 0.3) is 0 Å². The molecular weight excluding hydrogens is 430 g/mol. The number of aromatic nitrogens is 2. The van der Waals surface area contributed by atoms with E-state index in [4.69, 9.17) is 4.98 Å². The second kappa shape index (κ2) is 8.88. The Morgan fingerprint density at radius 3 is 2.29 bits per heavy atom. The van der Waals surface area contributed by atoms with E-state index in [1.165, 1.54) is 11.8 Å². The first-order valence-electron chi connectivity index (χ1n) is 10.2. The number of H-pyrrole nitrogens is 1. The molecule has 0 unspecified atom stereocenters. The Kier molecular flexibility index (Phi) is 6.20. The van der Waals surface area contributed by atoms with Crippen LogP contribution in [0.15, 0.2) is 65.8 Å². The predicted octanol–water partition coefficient (Wildman–Crippen LogP) is 3.87. The summed E-state index contributed by atoms with van der Waals surface area (Å²) in [7, 11) is -1.35. The third-order valence-electron chi connectivity index (χ3n) is 5.53. The molecule has 1 amide bonds. The standard InChI is InChI=1S/C23H25N3O3S2/c1-16(22(27)26(2)19-13-14-31(28,29)15-19)30-23-24-20(17-9-5-3-6-10-17)21(25-23)18-11-7-4-8-12-18/h3-12,16,19H,13-15H2,1-2H3,(H,24,25)/t16-,19+/m1/s1. The van der Waals surface area contributed by atoms with E-state index in [0.29, 0.717) is 11.6 Å². The van der Waals surface area contributed by atoms with Crippen LogP contribution in [0.2, 0.25) is 0 Å². The van der Waals surface area contributed by atoms with Gasteiger partial charge in [0.1, 0.15) is 0 Å². The van der Waals surface area contributed by atoms with Crippen molar-refractivity contribution in [1.82, 2.24) is 14.9 Å². The fourth-order valence-electron chi connectivity index (χ4n) is 3.79. The summed E-state index contributed by atoms with van der Waals surface area (Å²) in [6.07, 6.45) is 0.499. The lowest BCUT2D eigenvalue weighted by Gasteiger charge is -2.25. The lowest BCUT2D eigenvalue weighted by Crippen LogP contribution is -2.41. The van der Waals surface area contributed by atoms with Gasteiger partial charge in [0, 0.05) is 24.2 Å². The van der Waals surface area contributed by atoms with Crippen LogP contribution >= 0.6 is 11.8 Å². The zero-order chi connectivity index (χ0) is 22.0. The van der Waals surface area contributed by atoms with Gasteiger partial charge in [-0.2, -0.15) is 0 Å². The van der Waals surface area contributed by atoms with Crippen molar-refractivity contribution in [1.29, 1.82) is 0 Å². The summed E-state index contributed by atoms with van der Waals surface area (Å²) in [5.74, 6) is 0.102. The van der Waals surface area contributed by atoms with E-state index in [2.05, 4.69) is 4.98 Å². The van der Waals surface area contributed by atoms with Crippen LogP contribution in [-0.2, 0) is 14.6 Å². The quantitative estimate of drug-likeness (QED) is 0.571. The second-order valence-corrected chi connectivity index (χ2v) is 11.3. The molecule has 0 spiro atoms. The second-order valence-electron chi connectivity index (χ2n) is 7.76. The Morgan fingerprint density at radius 2 is 1.71 bits per heavy atom. The molecule has 6 nitrogen and oxygen atoms in total. The van der Waals surface area contributed by atoms with E-state index in [-0.39, 0.29) is 23.5 Å². The van der Waals surface area contributed by atoms with Gasteiger partial charge in [0.2, 0.25) is 5.91 Å². The lowest BCUT2D eigenvalue weighted by molar-refractivity contribution is -0.130. The molecule has 2 heterocycles. The van der Waals surface area contributed by atoms with Gasteiger partial charge in [-0.15, -0.1) is 0 Å². The minimum atomic E-state index is -3.04. The molecule has 3 aromatic rings. The molecule has 1 fully saturated rings. The minimum absolute atomic E-state index is 0.0453. The zero-order valence-corrected chi connectivity index (χ0v) is 19.1.